The zero-order valence-corrected chi connectivity index (χ0v) is 18.1. The number of benzene rings is 3. The van der Waals surface area contributed by atoms with Crippen LogP contribution in [0.25, 0.3) is 10.9 Å². The molecule has 1 aliphatic rings. The van der Waals surface area contributed by atoms with Crippen LogP contribution in [-0.4, -0.2) is 11.5 Å². The van der Waals surface area contributed by atoms with Gasteiger partial charge in [-0.1, -0.05) is 64.0 Å². The summed E-state index contributed by atoms with van der Waals surface area (Å²) < 4.78 is 1.09. The van der Waals surface area contributed by atoms with Crippen molar-refractivity contribution in [2.24, 2.45) is 0 Å². The summed E-state index contributed by atoms with van der Waals surface area (Å²) >= 11 is 3.55. The van der Waals surface area contributed by atoms with Crippen molar-refractivity contribution in [2.75, 3.05) is 11.4 Å². The van der Waals surface area contributed by atoms with Crippen LogP contribution in [0.15, 0.2) is 83.3 Å². The van der Waals surface area contributed by atoms with E-state index < -0.39 is 0 Å². The Bertz CT molecular complexity index is 1170. The van der Waals surface area contributed by atoms with Gasteiger partial charge in [0.2, 0.25) is 0 Å². The molecular weight excluding hydrogens is 420 g/mol. The average Bonchev–Trinajstić information content (AvgIpc) is 2.75. The van der Waals surface area contributed by atoms with Gasteiger partial charge in [0.15, 0.2) is 0 Å². The first-order valence-corrected chi connectivity index (χ1v) is 10.9. The fraction of sp³-hybridized carbons (Fsp3) is 0.192. The van der Waals surface area contributed by atoms with Gasteiger partial charge in [0, 0.05) is 34.2 Å². The third-order valence-corrected chi connectivity index (χ3v) is 6.38. The SMILES string of the molecule is Cc1ccc(N2CCc3ccccc3C2Cc2ccc3cc(Br)ccc3n2)cc1. The van der Waals surface area contributed by atoms with Crippen molar-refractivity contribution in [3.63, 3.8) is 0 Å². The van der Waals surface area contributed by atoms with Gasteiger partial charge >= 0.3 is 0 Å². The van der Waals surface area contributed by atoms with Gasteiger partial charge in [0.05, 0.1) is 11.6 Å². The zero-order valence-electron chi connectivity index (χ0n) is 16.5. The Morgan fingerprint density at radius 3 is 2.66 bits per heavy atom. The minimum Gasteiger partial charge on any atom is -0.364 e. The highest BCUT2D eigenvalue weighted by Crippen LogP contribution is 2.36. The Morgan fingerprint density at radius 1 is 0.966 bits per heavy atom. The van der Waals surface area contributed by atoms with Gasteiger partial charge in [-0.2, -0.15) is 0 Å². The minimum atomic E-state index is 0.294. The molecule has 0 bridgehead atoms. The van der Waals surface area contributed by atoms with E-state index in [1.807, 2.05) is 0 Å². The number of aryl methyl sites for hydroxylation is 1. The smallest absolute Gasteiger partial charge is 0.0706 e. The Balaban J connectivity index is 1.55. The van der Waals surface area contributed by atoms with Crippen molar-refractivity contribution in [1.29, 1.82) is 0 Å². The molecule has 0 N–H and O–H groups in total. The number of halogens is 1. The molecule has 2 nitrogen and oxygen atoms in total. The van der Waals surface area contributed by atoms with E-state index in [1.54, 1.807) is 0 Å². The van der Waals surface area contributed by atoms with Gasteiger partial charge in [-0.3, -0.25) is 4.98 Å². The van der Waals surface area contributed by atoms with Gasteiger partial charge in [-0.25, -0.2) is 0 Å². The Labute approximate surface area is 180 Å². The third-order valence-electron chi connectivity index (χ3n) is 5.89. The fourth-order valence-electron chi connectivity index (χ4n) is 4.37. The van der Waals surface area contributed by atoms with E-state index in [9.17, 15) is 0 Å². The maximum Gasteiger partial charge on any atom is 0.0706 e. The van der Waals surface area contributed by atoms with Crippen molar-refractivity contribution in [3.8, 4) is 0 Å². The molecule has 144 valence electrons. The van der Waals surface area contributed by atoms with Crippen LogP contribution in [-0.2, 0) is 12.8 Å². The highest BCUT2D eigenvalue weighted by Gasteiger charge is 2.28. The van der Waals surface area contributed by atoms with Crippen molar-refractivity contribution in [2.45, 2.75) is 25.8 Å². The van der Waals surface area contributed by atoms with E-state index >= 15 is 0 Å². The molecule has 3 aromatic carbocycles. The van der Waals surface area contributed by atoms with Crippen molar-refractivity contribution in [3.05, 3.63) is 106 Å². The number of aromatic nitrogens is 1. The molecule has 2 heterocycles. The molecule has 1 atom stereocenters. The van der Waals surface area contributed by atoms with E-state index in [4.69, 9.17) is 4.98 Å². The van der Waals surface area contributed by atoms with Crippen molar-refractivity contribution >= 4 is 32.5 Å². The van der Waals surface area contributed by atoms with Gasteiger partial charge in [0.1, 0.15) is 0 Å². The highest BCUT2D eigenvalue weighted by atomic mass is 79.9. The second kappa shape index (κ2) is 7.64. The van der Waals surface area contributed by atoms with Crippen LogP contribution in [0.4, 0.5) is 5.69 Å². The first-order valence-electron chi connectivity index (χ1n) is 10.1. The van der Waals surface area contributed by atoms with Crippen molar-refractivity contribution in [1.82, 2.24) is 4.98 Å². The number of nitrogens with zero attached hydrogens (tertiary/aromatic N) is 2. The lowest BCUT2D eigenvalue weighted by Crippen LogP contribution is -2.36. The summed E-state index contributed by atoms with van der Waals surface area (Å²) in [5.41, 5.74) is 7.67. The second-order valence-corrected chi connectivity index (χ2v) is 8.75. The summed E-state index contributed by atoms with van der Waals surface area (Å²) in [7, 11) is 0. The number of anilines is 1. The van der Waals surface area contributed by atoms with E-state index in [0.717, 1.165) is 35.1 Å². The monoisotopic (exact) mass is 442 g/mol. The van der Waals surface area contributed by atoms with Crippen LogP contribution in [0.5, 0.6) is 0 Å². The molecular formula is C26H23BrN2. The molecule has 0 aliphatic carbocycles. The number of fused-ring (bicyclic) bond motifs is 2. The summed E-state index contributed by atoms with van der Waals surface area (Å²) in [5, 5.41) is 1.17. The topological polar surface area (TPSA) is 16.1 Å². The molecule has 4 aromatic rings. The largest absolute Gasteiger partial charge is 0.364 e. The van der Waals surface area contributed by atoms with Gasteiger partial charge in [0.25, 0.3) is 0 Å². The molecule has 1 aliphatic heterocycles. The summed E-state index contributed by atoms with van der Waals surface area (Å²) in [6.45, 7) is 3.18. The lowest BCUT2D eigenvalue weighted by molar-refractivity contribution is 0.574. The fourth-order valence-corrected chi connectivity index (χ4v) is 4.75. The van der Waals surface area contributed by atoms with E-state index in [1.165, 1.54) is 27.8 Å². The Kier molecular flexibility index (Phi) is 4.84. The molecule has 0 spiro atoms. The summed E-state index contributed by atoms with van der Waals surface area (Å²) in [4.78, 5) is 7.53. The maximum atomic E-state index is 4.98. The lowest BCUT2D eigenvalue weighted by atomic mass is 9.89. The van der Waals surface area contributed by atoms with Crippen LogP contribution >= 0.6 is 15.9 Å². The van der Waals surface area contributed by atoms with E-state index in [-0.39, 0.29) is 0 Å². The molecule has 29 heavy (non-hydrogen) atoms. The molecule has 0 saturated heterocycles. The quantitative estimate of drug-likeness (QED) is 0.352. The molecule has 1 unspecified atom stereocenters. The van der Waals surface area contributed by atoms with E-state index in [0.29, 0.717) is 6.04 Å². The van der Waals surface area contributed by atoms with Crippen LogP contribution in [0.1, 0.15) is 28.4 Å². The summed E-state index contributed by atoms with van der Waals surface area (Å²) in [6, 6.07) is 28.7. The number of rotatable bonds is 3. The zero-order chi connectivity index (χ0) is 19.8. The molecule has 0 amide bonds. The van der Waals surface area contributed by atoms with Crippen LogP contribution in [0.3, 0.4) is 0 Å². The molecule has 0 radical (unpaired) electrons. The first-order chi connectivity index (χ1) is 14.2. The van der Waals surface area contributed by atoms with Gasteiger partial charge in [-0.15, -0.1) is 0 Å². The minimum absolute atomic E-state index is 0.294. The maximum absolute atomic E-state index is 4.98. The Hall–Kier alpha value is -2.65. The van der Waals surface area contributed by atoms with Crippen LogP contribution in [0.2, 0.25) is 0 Å². The standard InChI is InChI=1S/C26H23BrN2/c1-18-6-11-23(12-7-18)29-15-14-19-4-2-3-5-24(19)26(29)17-22-10-8-20-16-21(27)9-13-25(20)28-22/h2-13,16,26H,14-15,17H2,1H3. The number of hydrogen-bond donors (Lipinski definition) is 0. The van der Waals surface area contributed by atoms with Crippen molar-refractivity contribution < 1.29 is 0 Å². The molecule has 0 saturated carbocycles. The molecule has 3 heteroatoms. The summed E-state index contributed by atoms with van der Waals surface area (Å²) in [5.74, 6) is 0. The highest BCUT2D eigenvalue weighted by molar-refractivity contribution is 9.10. The second-order valence-electron chi connectivity index (χ2n) is 7.84. The van der Waals surface area contributed by atoms with Gasteiger partial charge in [-0.05, 0) is 60.9 Å². The summed E-state index contributed by atoms with van der Waals surface area (Å²) in [6.07, 6.45) is 1.98. The lowest BCUT2D eigenvalue weighted by Gasteiger charge is -2.39. The molecule has 5 rings (SSSR count). The first kappa shape index (κ1) is 18.4. The molecule has 0 fully saturated rings. The normalized spacial score (nSPS) is 16.1. The van der Waals surface area contributed by atoms with Crippen LogP contribution in [0, 0.1) is 6.92 Å². The predicted molar refractivity (Wildman–Crippen MR) is 125 cm³/mol. The number of hydrogen-bond acceptors (Lipinski definition) is 2. The average molecular weight is 443 g/mol. The number of pyridine rings is 1. The Morgan fingerprint density at radius 2 is 1.79 bits per heavy atom. The molecule has 1 aromatic heterocycles. The van der Waals surface area contributed by atoms with Gasteiger partial charge < -0.3 is 4.90 Å². The van der Waals surface area contributed by atoms with E-state index in [2.05, 4.69) is 107 Å². The van der Waals surface area contributed by atoms with Crippen LogP contribution < -0.4 is 4.90 Å². The third kappa shape index (κ3) is 3.67. The predicted octanol–water partition coefficient (Wildman–Crippen LogP) is 6.65.